The molecule has 27 heavy (non-hydrogen) atoms. The molecule has 3 rings (SSSR count). The maximum atomic E-state index is 11.4. The van der Waals surface area contributed by atoms with Crippen LogP contribution in [0.2, 0.25) is 0 Å². The summed E-state index contributed by atoms with van der Waals surface area (Å²) in [5.41, 5.74) is 6.23. The smallest absolute Gasteiger partial charge is 0.172 e. The fraction of sp³-hybridized carbons (Fsp3) is 0.318. The Labute approximate surface area is 159 Å². The molecule has 5 heteroatoms. The highest BCUT2D eigenvalue weighted by atomic mass is 16.6. The molecule has 0 N–H and O–H groups in total. The van der Waals surface area contributed by atoms with E-state index in [0.29, 0.717) is 11.8 Å². The number of carbonyl (C=O) groups is 1. The summed E-state index contributed by atoms with van der Waals surface area (Å²) in [6.07, 6.45) is 1.51. The molecule has 2 aromatic rings. The van der Waals surface area contributed by atoms with Crippen molar-refractivity contribution < 1.29 is 14.5 Å². The average Bonchev–Trinajstić information content (AvgIpc) is 2.92. The molecule has 1 aliphatic rings. The molecule has 0 heterocycles. The van der Waals surface area contributed by atoms with Crippen LogP contribution in [0.3, 0.4) is 0 Å². The van der Waals surface area contributed by atoms with Crippen molar-refractivity contribution in [1.29, 1.82) is 0 Å². The fourth-order valence-corrected chi connectivity index (χ4v) is 3.56. The van der Waals surface area contributed by atoms with Gasteiger partial charge in [0.25, 0.3) is 0 Å². The number of rotatable bonds is 6. The van der Waals surface area contributed by atoms with Crippen molar-refractivity contribution in [1.82, 2.24) is 0 Å². The van der Waals surface area contributed by atoms with Crippen LogP contribution in [0.15, 0.2) is 52.8 Å². The summed E-state index contributed by atoms with van der Waals surface area (Å²) in [7, 11) is 1.42. The van der Waals surface area contributed by atoms with E-state index in [2.05, 4.69) is 42.4 Å². The molecular formula is C22H24N2O3. The molecule has 0 fully saturated rings. The van der Waals surface area contributed by atoms with Crippen molar-refractivity contribution >= 4 is 17.7 Å². The normalized spacial score (nSPS) is 16.9. The van der Waals surface area contributed by atoms with E-state index >= 15 is 0 Å². The molecule has 0 aliphatic heterocycles. The van der Waals surface area contributed by atoms with E-state index < -0.39 is 0 Å². The number of carbonyl (C=O) groups excluding carboxylic acids is 1. The lowest BCUT2D eigenvalue weighted by atomic mass is 9.87. The highest BCUT2D eigenvalue weighted by Gasteiger charge is 2.34. The Hall–Kier alpha value is -2.95. The number of benzene rings is 2. The first-order valence-corrected chi connectivity index (χ1v) is 8.92. The van der Waals surface area contributed by atoms with Gasteiger partial charge in [-0.3, -0.25) is 4.79 Å². The van der Waals surface area contributed by atoms with Gasteiger partial charge in [0.2, 0.25) is 0 Å². The third-order valence-electron chi connectivity index (χ3n) is 4.95. The highest BCUT2D eigenvalue weighted by Crippen LogP contribution is 2.38. The minimum absolute atomic E-state index is 0.0441. The van der Waals surface area contributed by atoms with Crippen molar-refractivity contribution in [3.05, 3.63) is 70.3 Å². The molecule has 0 saturated carbocycles. The van der Waals surface area contributed by atoms with Crippen LogP contribution < -0.4 is 0 Å². The van der Waals surface area contributed by atoms with Crippen molar-refractivity contribution in [2.24, 2.45) is 10.3 Å². The molecule has 1 aliphatic carbocycles. The lowest BCUT2D eigenvalue weighted by molar-refractivity contribution is -0.102. The van der Waals surface area contributed by atoms with Gasteiger partial charge in [-0.1, -0.05) is 66.6 Å². The van der Waals surface area contributed by atoms with Gasteiger partial charge in [0.1, 0.15) is 19.4 Å². The van der Waals surface area contributed by atoms with E-state index in [1.165, 1.54) is 12.7 Å². The molecule has 0 radical (unpaired) electrons. The van der Waals surface area contributed by atoms with Crippen molar-refractivity contribution in [2.75, 3.05) is 7.11 Å². The monoisotopic (exact) mass is 364 g/mol. The maximum Gasteiger partial charge on any atom is 0.172 e. The SMILES string of the molecule is CO/N=C(/C=O)c1cccc(C)c1CO/N=C1\CC(C)(C)c2ccccc21. The lowest BCUT2D eigenvalue weighted by Gasteiger charge is -2.17. The van der Waals surface area contributed by atoms with Crippen molar-refractivity contribution in [2.45, 2.75) is 39.2 Å². The van der Waals surface area contributed by atoms with E-state index in [4.69, 9.17) is 9.68 Å². The van der Waals surface area contributed by atoms with Gasteiger partial charge in [-0.2, -0.15) is 0 Å². The number of fused-ring (bicyclic) bond motifs is 1. The Morgan fingerprint density at radius 2 is 1.96 bits per heavy atom. The van der Waals surface area contributed by atoms with Gasteiger partial charge in [-0.05, 0) is 23.5 Å². The van der Waals surface area contributed by atoms with Gasteiger partial charge >= 0.3 is 0 Å². The van der Waals surface area contributed by atoms with Gasteiger partial charge in [0.15, 0.2) is 6.29 Å². The highest BCUT2D eigenvalue weighted by molar-refractivity contribution is 6.36. The largest absolute Gasteiger partial charge is 0.399 e. The second-order valence-electron chi connectivity index (χ2n) is 7.30. The molecule has 0 spiro atoms. The Bertz CT molecular complexity index is 914. The van der Waals surface area contributed by atoms with E-state index in [1.54, 1.807) is 0 Å². The number of aryl methyl sites for hydroxylation is 1. The van der Waals surface area contributed by atoms with Gasteiger partial charge in [0, 0.05) is 23.1 Å². The first-order valence-electron chi connectivity index (χ1n) is 8.92. The van der Waals surface area contributed by atoms with Crippen LogP contribution in [-0.2, 0) is 26.5 Å². The number of oxime groups is 2. The molecule has 0 aromatic heterocycles. The summed E-state index contributed by atoms with van der Waals surface area (Å²) in [5, 5.41) is 8.23. The number of aldehydes is 1. The molecule has 0 unspecified atom stereocenters. The van der Waals surface area contributed by atoms with Crippen LogP contribution >= 0.6 is 0 Å². The molecule has 140 valence electrons. The predicted octanol–water partition coefficient (Wildman–Crippen LogP) is 4.15. The molecule has 0 atom stereocenters. The fourth-order valence-electron chi connectivity index (χ4n) is 3.56. The Morgan fingerprint density at radius 3 is 2.70 bits per heavy atom. The zero-order chi connectivity index (χ0) is 19.4. The van der Waals surface area contributed by atoms with Crippen LogP contribution in [0, 0.1) is 6.92 Å². The van der Waals surface area contributed by atoms with E-state index in [9.17, 15) is 4.79 Å². The first kappa shape index (κ1) is 18.8. The summed E-state index contributed by atoms with van der Waals surface area (Å²) in [6, 6.07) is 14.0. The van der Waals surface area contributed by atoms with E-state index in [-0.39, 0.29) is 17.7 Å². The van der Waals surface area contributed by atoms with Crippen LogP contribution in [0.5, 0.6) is 0 Å². The summed E-state index contributed by atoms with van der Waals surface area (Å²) in [4.78, 5) is 21.9. The first-order chi connectivity index (χ1) is 13.0. The standard InChI is InChI=1S/C22H24N2O3/c1-15-8-7-10-16(21(13-25)23-26-4)18(15)14-27-24-20-12-22(2,3)19-11-6-5-9-17(19)20/h5-11,13H,12,14H2,1-4H3/b23-21-,24-20+. The van der Waals surface area contributed by atoms with E-state index in [0.717, 1.165) is 28.8 Å². The second-order valence-corrected chi connectivity index (χ2v) is 7.30. The average molecular weight is 364 g/mol. The minimum Gasteiger partial charge on any atom is -0.399 e. The van der Waals surface area contributed by atoms with Crippen LogP contribution in [0.4, 0.5) is 0 Å². The zero-order valence-electron chi connectivity index (χ0n) is 16.2. The zero-order valence-corrected chi connectivity index (χ0v) is 16.2. The Morgan fingerprint density at radius 1 is 1.19 bits per heavy atom. The molecule has 5 nitrogen and oxygen atoms in total. The van der Waals surface area contributed by atoms with Crippen molar-refractivity contribution in [3.63, 3.8) is 0 Å². The van der Waals surface area contributed by atoms with Crippen molar-refractivity contribution in [3.8, 4) is 0 Å². The number of hydrogen-bond acceptors (Lipinski definition) is 5. The predicted molar refractivity (Wildman–Crippen MR) is 106 cm³/mol. The topological polar surface area (TPSA) is 60.2 Å². The number of hydrogen-bond donors (Lipinski definition) is 0. The third kappa shape index (κ3) is 3.77. The Kier molecular flexibility index (Phi) is 5.40. The lowest BCUT2D eigenvalue weighted by Crippen LogP contribution is -2.12. The maximum absolute atomic E-state index is 11.4. The van der Waals surface area contributed by atoms with E-state index in [1.807, 2.05) is 31.2 Å². The summed E-state index contributed by atoms with van der Waals surface area (Å²) in [6.45, 7) is 6.65. The third-order valence-corrected chi connectivity index (χ3v) is 4.95. The van der Waals surface area contributed by atoms with Crippen LogP contribution in [0.1, 0.15) is 48.1 Å². The summed E-state index contributed by atoms with van der Waals surface area (Å²) >= 11 is 0. The Balaban J connectivity index is 1.86. The van der Waals surface area contributed by atoms with Gasteiger partial charge in [-0.25, -0.2) is 0 Å². The quantitative estimate of drug-likeness (QED) is 0.439. The summed E-state index contributed by atoms with van der Waals surface area (Å²) < 4.78 is 0. The second kappa shape index (κ2) is 7.74. The molecule has 0 saturated heterocycles. The molecular weight excluding hydrogens is 340 g/mol. The van der Waals surface area contributed by atoms with Gasteiger partial charge < -0.3 is 9.68 Å². The minimum atomic E-state index is 0.0441. The van der Waals surface area contributed by atoms with Crippen LogP contribution in [-0.4, -0.2) is 24.8 Å². The molecule has 2 aromatic carbocycles. The summed E-state index contributed by atoms with van der Waals surface area (Å²) in [5.74, 6) is 0. The number of nitrogens with zero attached hydrogens (tertiary/aromatic N) is 2. The molecule has 0 amide bonds. The van der Waals surface area contributed by atoms with Gasteiger partial charge in [0.05, 0.1) is 5.71 Å². The molecule has 0 bridgehead atoms. The van der Waals surface area contributed by atoms with Gasteiger partial charge in [-0.15, -0.1) is 0 Å². The van der Waals surface area contributed by atoms with Crippen LogP contribution in [0.25, 0.3) is 0 Å².